The van der Waals surface area contributed by atoms with Gasteiger partial charge in [-0.1, -0.05) is 54.8 Å². The van der Waals surface area contributed by atoms with Crippen LogP contribution in [0.2, 0.25) is 0 Å². The largest absolute Gasteiger partial charge is 0.480 e. The van der Waals surface area contributed by atoms with Crippen molar-refractivity contribution in [3.63, 3.8) is 0 Å². The predicted molar refractivity (Wildman–Crippen MR) is 119 cm³/mol. The van der Waals surface area contributed by atoms with Crippen LogP contribution in [0.1, 0.15) is 39.8 Å². The van der Waals surface area contributed by atoms with E-state index in [0.29, 0.717) is 28.7 Å². The van der Waals surface area contributed by atoms with E-state index < -0.39 is 24.0 Å². The maximum absolute atomic E-state index is 11.7. The van der Waals surface area contributed by atoms with Crippen LogP contribution in [0.25, 0.3) is 0 Å². The summed E-state index contributed by atoms with van der Waals surface area (Å²) in [6, 6.07) is -1.99. The van der Waals surface area contributed by atoms with E-state index in [-0.39, 0.29) is 12.3 Å². The van der Waals surface area contributed by atoms with Gasteiger partial charge < -0.3 is 14.8 Å². The molecule has 0 fully saturated rings. The summed E-state index contributed by atoms with van der Waals surface area (Å²) in [6.45, 7) is 7.95. The van der Waals surface area contributed by atoms with Crippen LogP contribution in [0, 0.1) is 5.92 Å². The van der Waals surface area contributed by atoms with E-state index in [1.807, 2.05) is 31.4 Å². The van der Waals surface area contributed by atoms with Gasteiger partial charge in [0.25, 0.3) is 0 Å². The number of nitrogens with zero attached hydrogens (tertiary/aromatic N) is 2. The summed E-state index contributed by atoms with van der Waals surface area (Å²) < 4.78 is 1.82. The molecule has 0 aromatic carbocycles. The number of imidazole rings is 1. The summed E-state index contributed by atoms with van der Waals surface area (Å²) in [5.74, 6) is -2.06. The Balaban J connectivity index is 2.94. The minimum absolute atomic E-state index is 0.103. The average molecular weight is 458 g/mol. The Morgan fingerprint density at radius 3 is 2.33 bits per heavy atom. The standard InChI is InChI=1S/C21H29Cl2N3O4/c1-5-16(22)17(23)7-6-14(4)11-26-12-24-10-15(26)9-19(21(29)30)25-18(20(27)28)8-13(2)3/h5-7,10,12-13,18-19,25H,8-9,11H2,1-4H3,(H,27,28)(H,29,30)/b14-6+,16-5+,17-7+/t18?,19-/m0/s1. The SMILES string of the molecule is C\C=C(Cl)/C(Cl)=C\C=C(/C)Cn1cncc1C[C@H](NC(CC(C)C)C(=O)O)C(=O)O. The van der Waals surface area contributed by atoms with Crippen LogP contribution in [0.3, 0.4) is 0 Å². The van der Waals surface area contributed by atoms with Gasteiger partial charge in [-0.25, -0.2) is 4.98 Å². The molecule has 9 heteroatoms. The highest BCUT2D eigenvalue weighted by atomic mass is 35.5. The molecule has 1 rings (SSSR count). The lowest BCUT2D eigenvalue weighted by Gasteiger charge is -2.22. The van der Waals surface area contributed by atoms with Gasteiger partial charge in [-0.3, -0.25) is 14.9 Å². The lowest BCUT2D eigenvalue weighted by molar-refractivity contribution is -0.142. The molecule has 0 aliphatic heterocycles. The van der Waals surface area contributed by atoms with Gasteiger partial charge in [0, 0.05) is 24.9 Å². The Kier molecular flexibility index (Phi) is 10.9. The van der Waals surface area contributed by atoms with Gasteiger partial charge in [0.15, 0.2) is 0 Å². The molecule has 0 amide bonds. The first kappa shape index (κ1) is 25.9. The van der Waals surface area contributed by atoms with Crippen LogP contribution in [0.15, 0.2) is 46.4 Å². The normalized spacial score (nSPS) is 15.4. The van der Waals surface area contributed by atoms with Crippen molar-refractivity contribution >= 4 is 35.1 Å². The molecule has 0 saturated heterocycles. The Bertz CT molecular complexity index is 828. The molecule has 2 atom stereocenters. The summed E-state index contributed by atoms with van der Waals surface area (Å²) >= 11 is 12.0. The van der Waals surface area contributed by atoms with Gasteiger partial charge in [0.1, 0.15) is 12.1 Å². The Morgan fingerprint density at radius 1 is 1.17 bits per heavy atom. The van der Waals surface area contributed by atoms with Crippen LogP contribution in [-0.2, 0) is 22.6 Å². The molecule has 0 aliphatic carbocycles. The van der Waals surface area contributed by atoms with Gasteiger partial charge in [0.05, 0.1) is 16.4 Å². The van der Waals surface area contributed by atoms with Crippen molar-refractivity contribution in [3.05, 3.63) is 52.1 Å². The molecule has 1 unspecified atom stereocenters. The maximum Gasteiger partial charge on any atom is 0.321 e. The number of aliphatic carboxylic acids is 2. The Hall–Kier alpha value is -2.09. The minimum Gasteiger partial charge on any atom is -0.480 e. The first-order chi connectivity index (χ1) is 14.0. The number of carbonyl (C=O) groups is 2. The quantitative estimate of drug-likeness (QED) is 0.406. The van der Waals surface area contributed by atoms with Crippen LogP contribution < -0.4 is 5.32 Å². The third-order valence-electron chi connectivity index (χ3n) is 4.33. The zero-order valence-electron chi connectivity index (χ0n) is 17.6. The third-order valence-corrected chi connectivity index (χ3v) is 5.18. The summed E-state index contributed by atoms with van der Waals surface area (Å²) in [6.07, 6.45) is 8.85. The Morgan fingerprint density at radius 2 is 1.80 bits per heavy atom. The number of hydrogen-bond acceptors (Lipinski definition) is 4. The number of carboxylic acids is 2. The molecule has 0 aliphatic rings. The minimum atomic E-state index is -1.11. The molecule has 0 bridgehead atoms. The summed E-state index contributed by atoms with van der Waals surface area (Å²) in [4.78, 5) is 27.3. The van der Waals surface area contributed by atoms with Crippen LogP contribution in [0.5, 0.6) is 0 Å². The summed E-state index contributed by atoms with van der Waals surface area (Å²) in [5, 5.41) is 22.6. The highest BCUT2D eigenvalue weighted by Gasteiger charge is 2.27. The van der Waals surface area contributed by atoms with E-state index in [4.69, 9.17) is 23.2 Å². The van der Waals surface area contributed by atoms with E-state index >= 15 is 0 Å². The molecule has 1 aromatic heterocycles. The molecular weight excluding hydrogens is 429 g/mol. The van der Waals surface area contributed by atoms with Gasteiger partial charge >= 0.3 is 11.9 Å². The van der Waals surface area contributed by atoms with Crippen LogP contribution in [0.4, 0.5) is 0 Å². The van der Waals surface area contributed by atoms with Gasteiger partial charge in [-0.05, 0) is 32.3 Å². The molecule has 166 valence electrons. The molecule has 7 nitrogen and oxygen atoms in total. The lowest BCUT2D eigenvalue weighted by atomic mass is 10.0. The van der Waals surface area contributed by atoms with Crippen molar-refractivity contribution in [1.29, 1.82) is 0 Å². The number of rotatable bonds is 12. The smallest absolute Gasteiger partial charge is 0.321 e. The molecule has 0 saturated carbocycles. The second-order valence-corrected chi connectivity index (χ2v) is 8.27. The molecule has 1 aromatic rings. The van der Waals surface area contributed by atoms with E-state index in [0.717, 1.165) is 5.57 Å². The Labute approximate surface area is 187 Å². The van der Waals surface area contributed by atoms with Crippen molar-refractivity contribution in [3.8, 4) is 0 Å². The number of allylic oxidation sites excluding steroid dienone is 6. The van der Waals surface area contributed by atoms with Crippen molar-refractivity contribution in [2.24, 2.45) is 5.92 Å². The van der Waals surface area contributed by atoms with Gasteiger partial charge in [0.2, 0.25) is 0 Å². The highest BCUT2D eigenvalue weighted by Crippen LogP contribution is 2.19. The van der Waals surface area contributed by atoms with Crippen molar-refractivity contribution < 1.29 is 19.8 Å². The van der Waals surface area contributed by atoms with Gasteiger partial charge in [-0.2, -0.15) is 0 Å². The zero-order valence-corrected chi connectivity index (χ0v) is 19.1. The molecule has 0 radical (unpaired) electrons. The summed E-state index contributed by atoms with van der Waals surface area (Å²) in [5.41, 5.74) is 1.63. The summed E-state index contributed by atoms with van der Waals surface area (Å²) in [7, 11) is 0. The highest BCUT2D eigenvalue weighted by molar-refractivity contribution is 6.43. The molecule has 0 spiro atoms. The third kappa shape index (κ3) is 8.73. The second kappa shape index (κ2) is 12.6. The first-order valence-corrected chi connectivity index (χ1v) is 10.4. The zero-order chi connectivity index (χ0) is 22.8. The van der Waals surface area contributed by atoms with Crippen molar-refractivity contribution in [2.75, 3.05) is 0 Å². The van der Waals surface area contributed by atoms with E-state index in [9.17, 15) is 19.8 Å². The van der Waals surface area contributed by atoms with E-state index in [2.05, 4.69) is 10.3 Å². The van der Waals surface area contributed by atoms with Crippen molar-refractivity contribution in [1.82, 2.24) is 14.9 Å². The monoisotopic (exact) mass is 457 g/mol. The second-order valence-electron chi connectivity index (χ2n) is 7.46. The number of halogens is 2. The number of nitrogens with one attached hydrogen (secondary N) is 1. The fraction of sp³-hybridized carbons (Fsp3) is 0.476. The molecule has 1 heterocycles. The fourth-order valence-electron chi connectivity index (χ4n) is 2.80. The fourth-order valence-corrected chi connectivity index (χ4v) is 3.03. The number of aromatic nitrogens is 2. The molecular formula is C21H29Cl2N3O4. The average Bonchev–Trinajstić information content (AvgIpc) is 3.10. The van der Waals surface area contributed by atoms with E-state index in [1.165, 1.54) is 0 Å². The van der Waals surface area contributed by atoms with E-state index in [1.54, 1.807) is 31.6 Å². The topological polar surface area (TPSA) is 104 Å². The van der Waals surface area contributed by atoms with Crippen LogP contribution in [-0.4, -0.2) is 43.8 Å². The maximum atomic E-state index is 11.7. The number of carboxylic acid groups (broad SMARTS) is 2. The first-order valence-electron chi connectivity index (χ1n) is 9.60. The lowest BCUT2D eigenvalue weighted by Crippen LogP contribution is -2.49. The van der Waals surface area contributed by atoms with Crippen molar-refractivity contribution in [2.45, 2.75) is 59.2 Å². The molecule has 3 N–H and O–H groups in total. The van der Waals surface area contributed by atoms with Crippen LogP contribution >= 0.6 is 23.2 Å². The van der Waals surface area contributed by atoms with Gasteiger partial charge in [-0.15, -0.1) is 0 Å². The number of hydrogen-bond donors (Lipinski definition) is 3. The predicted octanol–water partition coefficient (Wildman–Crippen LogP) is 4.18. The molecule has 30 heavy (non-hydrogen) atoms.